The Kier molecular flexibility index (Phi) is 3.24. The number of phenolic OH excluding ortho intramolecular Hbond substituents is 1. The van der Waals surface area contributed by atoms with Crippen LogP contribution in [-0.4, -0.2) is 10.8 Å². The van der Waals surface area contributed by atoms with Crippen LogP contribution in [0.3, 0.4) is 0 Å². The van der Waals surface area contributed by atoms with Gasteiger partial charge in [-0.15, -0.1) is 0 Å². The van der Waals surface area contributed by atoms with Gasteiger partial charge in [-0.05, 0) is 25.5 Å². The van der Waals surface area contributed by atoms with Crippen molar-refractivity contribution in [2.24, 2.45) is 10.9 Å². The van der Waals surface area contributed by atoms with Crippen LogP contribution in [-0.2, 0) is 0 Å². The predicted molar refractivity (Wildman–Crippen MR) is 59.3 cm³/mol. The predicted octanol–water partition coefficient (Wildman–Crippen LogP) is 2.69. The second-order valence-corrected chi connectivity index (χ2v) is 3.72. The molecule has 3 nitrogen and oxygen atoms in total. The highest BCUT2D eigenvalue weighted by molar-refractivity contribution is 6.37. The molecule has 0 saturated carbocycles. The highest BCUT2D eigenvalue weighted by atomic mass is 35.5. The van der Waals surface area contributed by atoms with Gasteiger partial charge in [-0.3, -0.25) is 0 Å². The third kappa shape index (κ3) is 1.79. The normalized spacial score (nSPS) is 11.9. The van der Waals surface area contributed by atoms with Crippen LogP contribution >= 0.6 is 23.2 Å². The molecule has 14 heavy (non-hydrogen) atoms. The number of nitrogens with zero attached hydrogens (tertiary/aromatic N) is 1. The summed E-state index contributed by atoms with van der Waals surface area (Å²) in [6.07, 6.45) is 0. The van der Waals surface area contributed by atoms with Crippen LogP contribution in [0, 0.1) is 6.92 Å². The van der Waals surface area contributed by atoms with Crippen LogP contribution in [0.1, 0.15) is 18.1 Å². The molecular weight excluding hydrogens is 223 g/mol. The Hall–Kier alpha value is -0.930. The SMILES string of the molecule is C/C(=N/N)c1c(C)c(Cl)cc(Cl)c1O. The largest absolute Gasteiger partial charge is 0.506 e. The summed E-state index contributed by atoms with van der Waals surface area (Å²) in [7, 11) is 0. The lowest BCUT2D eigenvalue weighted by Crippen LogP contribution is -2.02. The fourth-order valence-corrected chi connectivity index (χ4v) is 1.67. The minimum Gasteiger partial charge on any atom is -0.506 e. The van der Waals surface area contributed by atoms with E-state index < -0.39 is 0 Å². The van der Waals surface area contributed by atoms with Crippen LogP contribution in [0.2, 0.25) is 10.0 Å². The second-order valence-electron chi connectivity index (χ2n) is 2.90. The van der Waals surface area contributed by atoms with E-state index in [1.807, 2.05) is 0 Å². The molecule has 5 heteroatoms. The topological polar surface area (TPSA) is 58.6 Å². The van der Waals surface area contributed by atoms with E-state index in [1.165, 1.54) is 6.07 Å². The Bertz CT molecular complexity index is 376. The molecular formula is C9H10Cl2N2O. The Morgan fingerprint density at radius 1 is 1.43 bits per heavy atom. The van der Waals surface area contributed by atoms with Crippen molar-refractivity contribution in [2.45, 2.75) is 13.8 Å². The van der Waals surface area contributed by atoms with Gasteiger partial charge in [0.15, 0.2) is 0 Å². The molecule has 0 aliphatic rings. The van der Waals surface area contributed by atoms with Gasteiger partial charge in [-0.2, -0.15) is 5.10 Å². The number of hydrazone groups is 1. The van der Waals surface area contributed by atoms with E-state index in [2.05, 4.69) is 5.10 Å². The first-order chi connectivity index (χ1) is 6.49. The van der Waals surface area contributed by atoms with Gasteiger partial charge in [0.1, 0.15) is 5.75 Å². The van der Waals surface area contributed by atoms with E-state index in [0.29, 0.717) is 21.9 Å². The molecule has 0 atom stereocenters. The molecule has 0 radical (unpaired) electrons. The first kappa shape index (κ1) is 11.1. The molecule has 0 spiro atoms. The Balaban J connectivity index is 3.55. The average molecular weight is 233 g/mol. The molecule has 0 aliphatic carbocycles. The lowest BCUT2D eigenvalue weighted by Gasteiger charge is -2.10. The molecule has 0 aliphatic heterocycles. The summed E-state index contributed by atoms with van der Waals surface area (Å²) in [6, 6.07) is 1.49. The van der Waals surface area contributed by atoms with Crippen molar-refractivity contribution >= 4 is 28.9 Å². The maximum absolute atomic E-state index is 9.68. The maximum atomic E-state index is 9.68. The number of nitrogens with two attached hydrogens (primary N) is 1. The van der Waals surface area contributed by atoms with Crippen LogP contribution < -0.4 is 5.84 Å². The Morgan fingerprint density at radius 2 is 2.00 bits per heavy atom. The van der Waals surface area contributed by atoms with Crippen LogP contribution in [0.5, 0.6) is 5.75 Å². The summed E-state index contributed by atoms with van der Waals surface area (Å²) in [5.74, 6) is 5.09. The Labute approximate surface area is 92.1 Å². The van der Waals surface area contributed by atoms with Gasteiger partial charge in [-0.25, -0.2) is 0 Å². The van der Waals surface area contributed by atoms with Crippen LogP contribution in [0.15, 0.2) is 11.2 Å². The van der Waals surface area contributed by atoms with Gasteiger partial charge in [0.2, 0.25) is 0 Å². The van der Waals surface area contributed by atoms with E-state index in [1.54, 1.807) is 13.8 Å². The molecule has 0 fully saturated rings. The molecule has 0 saturated heterocycles. The number of hydrogen-bond donors (Lipinski definition) is 2. The smallest absolute Gasteiger partial charge is 0.143 e. The highest BCUT2D eigenvalue weighted by Gasteiger charge is 2.14. The first-order valence-electron chi connectivity index (χ1n) is 3.91. The van der Waals surface area contributed by atoms with Crippen LogP contribution in [0.4, 0.5) is 0 Å². The van der Waals surface area contributed by atoms with Crippen molar-refractivity contribution in [3.05, 3.63) is 27.2 Å². The number of rotatable bonds is 1. The molecule has 0 aromatic heterocycles. The molecule has 0 heterocycles. The maximum Gasteiger partial charge on any atom is 0.143 e. The molecule has 1 rings (SSSR count). The molecule has 1 aromatic rings. The number of phenols is 1. The zero-order valence-corrected chi connectivity index (χ0v) is 9.32. The zero-order valence-electron chi connectivity index (χ0n) is 7.81. The quantitative estimate of drug-likeness (QED) is 0.445. The number of halogens is 2. The van der Waals surface area contributed by atoms with Gasteiger partial charge in [0.05, 0.1) is 10.7 Å². The fraction of sp³-hybridized carbons (Fsp3) is 0.222. The zero-order chi connectivity index (χ0) is 10.9. The molecule has 0 amide bonds. The third-order valence-corrected chi connectivity index (χ3v) is 2.69. The summed E-state index contributed by atoms with van der Waals surface area (Å²) in [4.78, 5) is 0. The summed E-state index contributed by atoms with van der Waals surface area (Å²) in [6.45, 7) is 3.44. The number of hydrogen-bond acceptors (Lipinski definition) is 3. The summed E-state index contributed by atoms with van der Waals surface area (Å²) < 4.78 is 0. The van der Waals surface area contributed by atoms with E-state index in [9.17, 15) is 5.11 Å². The minimum absolute atomic E-state index is 0.0414. The van der Waals surface area contributed by atoms with Gasteiger partial charge in [-0.1, -0.05) is 23.2 Å². The summed E-state index contributed by atoms with van der Waals surface area (Å²) in [5, 5.41) is 13.9. The summed E-state index contributed by atoms with van der Waals surface area (Å²) in [5.41, 5.74) is 1.69. The van der Waals surface area contributed by atoms with E-state index >= 15 is 0 Å². The molecule has 3 N–H and O–H groups in total. The van der Waals surface area contributed by atoms with Crippen LogP contribution in [0.25, 0.3) is 0 Å². The van der Waals surface area contributed by atoms with Gasteiger partial charge in [0, 0.05) is 10.6 Å². The van der Waals surface area contributed by atoms with E-state index in [-0.39, 0.29) is 10.8 Å². The minimum atomic E-state index is -0.0414. The van der Waals surface area contributed by atoms with E-state index in [4.69, 9.17) is 29.0 Å². The second kappa shape index (κ2) is 4.07. The highest BCUT2D eigenvalue weighted by Crippen LogP contribution is 2.35. The fourth-order valence-electron chi connectivity index (χ4n) is 1.21. The van der Waals surface area contributed by atoms with E-state index in [0.717, 1.165) is 0 Å². The average Bonchev–Trinajstić information content (AvgIpc) is 2.15. The third-order valence-electron chi connectivity index (χ3n) is 2.01. The van der Waals surface area contributed by atoms with Gasteiger partial charge in [0.25, 0.3) is 0 Å². The Morgan fingerprint density at radius 3 is 2.50 bits per heavy atom. The lowest BCUT2D eigenvalue weighted by atomic mass is 10.0. The summed E-state index contributed by atoms with van der Waals surface area (Å²) >= 11 is 11.7. The van der Waals surface area contributed by atoms with Crippen molar-refractivity contribution < 1.29 is 5.11 Å². The molecule has 0 unspecified atom stereocenters. The van der Waals surface area contributed by atoms with Crippen molar-refractivity contribution in [3.8, 4) is 5.75 Å². The number of benzene rings is 1. The van der Waals surface area contributed by atoms with Crippen molar-refractivity contribution in [2.75, 3.05) is 0 Å². The van der Waals surface area contributed by atoms with Crippen molar-refractivity contribution in [3.63, 3.8) is 0 Å². The van der Waals surface area contributed by atoms with Gasteiger partial charge < -0.3 is 10.9 Å². The molecule has 0 bridgehead atoms. The number of aromatic hydroxyl groups is 1. The monoisotopic (exact) mass is 232 g/mol. The van der Waals surface area contributed by atoms with Crippen molar-refractivity contribution in [1.29, 1.82) is 0 Å². The molecule has 76 valence electrons. The standard InChI is InChI=1S/C9H10Cl2N2O/c1-4-6(10)3-7(11)9(14)8(4)5(2)13-12/h3,14H,12H2,1-2H3/b13-5-. The van der Waals surface area contributed by atoms with Gasteiger partial charge >= 0.3 is 0 Å². The van der Waals surface area contributed by atoms with Crippen molar-refractivity contribution in [1.82, 2.24) is 0 Å². The molecule has 1 aromatic carbocycles. The first-order valence-corrected chi connectivity index (χ1v) is 4.67. The lowest BCUT2D eigenvalue weighted by molar-refractivity contribution is 0.474.